The molecule has 12 heavy (non-hydrogen) atoms. The van der Waals surface area contributed by atoms with Gasteiger partial charge in [-0.2, -0.15) is 0 Å². The second-order valence-electron chi connectivity index (χ2n) is 3.65. The molecule has 0 saturated heterocycles. The molecule has 0 aliphatic heterocycles. The first kappa shape index (κ1) is 9.52. The quantitative estimate of drug-likeness (QED) is 0.650. The lowest BCUT2D eigenvalue weighted by Crippen LogP contribution is -2.44. The fourth-order valence-corrected chi connectivity index (χ4v) is 1.23. The highest BCUT2D eigenvalue weighted by molar-refractivity contribution is 5.81. The molecule has 2 atom stereocenters. The Morgan fingerprint density at radius 2 is 2.25 bits per heavy atom. The Bertz CT molecular complexity index is 166. The third kappa shape index (κ3) is 2.48. The molecule has 0 aromatic carbocycles. The van der Waals surface area contributed by atoms with Crippen molar-refractivity contribution in [2.24, 2.45) is 11.7 Å². The number of hydrogen-bond donors (Lipinski definition) is 2. The second-order valence-corrected chi connectivity index (χ2v) is 3.65. The maximum Gasteiger partial charge on any atom is 0.237 e. The summed E-state index contributed by atoms with van der Waals surface area (Å²) in [4.78, 5) is 11.3. The molecule has 1 aliphatic rings. The van der Waals surface area contributed by atoms with Gasteiger partial charge in [-0.15, -0.1) is 0 Å². The fraction of sp³-hybridized carbons (Fsp3) is 0.889. The van der Waals surface area contributed by atoms with E-state index in [0.29, 0.717) is 18.4 Å². The predicted molar refractivity (Wildman–Crippen MR) is 48.6 cm³/mol. The molecule has 1 fully saturated rings. The molecule has 0 bridgehead atoms. The molecule has 3 heteroatoms. The van der Waals surface area contributed by atoms with E-state index in [0.717, 1.165) is 0 Å². The fourth-order valence-electron chi connectivity index (χ4n) is 1.23. The lowest BCUT2D eigenvalue weighted by atomic mass is 10.2. The third-order valence-corrected chi connectivity index (χ3v) is 2.48. The molecule has 3 N–H and O–H groups in total. The lowest BCUT2D eigenvalue weighted by Gasteiger charge is -2.15. The van der Waals surface area contributed by atoms with Gasteiger partial charge in [-0.1, -0.05) is 6.92 Å². The number of hydrogen-bond acceptors (Lipinski definition) is 2. The molecule has 70 valence electrons. The van der Waals surface area contributed by atoms with Crippen LogP contribution in [0.15, 0.2) is 0 Å². The number of nitrogens with one attached hydrogen (secondary N) is 1. The summed E-state index contributed by atoms with van der Waals surface area (Å²) in [6.45, 7) is 3.98. The van der Waals surface area contributed by atoms with Crippen LogP contribution in [0.1, 0.15) is 33.1 Å². The summed E-state index contributed by atoms with van der Waals surface area (Å²) in [6, 6.07) is -0.0127. The van der Waals surface area contributed by atoms with Crippen LogP contribution in [0.25, 0.3) is 0 Å². The molecule has 1 amide bonds. The highest BCUT2D eigenvalue weighted by Gasteiger charge is 2.29. The summed E-state index contributed by atoms with van der Waals surface area (Å²) in [6.07, 6.45) is 3.22. The Morgan fingerprint density at radius 1 is 1.67 bits per heavy atom. The molecule has 2 unspecified atom stereocenters. The zero-order chi connectivity index (χ0) is 9.14. The first-order valence-corrected chi connectivity index (χ1v) is 4.71. The van der Waals surface area contributed by atoms with Crippen LogP contribution in [0.3, 0.4) is 0 Å². The van der Waals surface area contributed by atoms with Crippen LogP contribution in [0.5, 0.6) is 0 Å². The van der Waals surface area contributed by atoms with E-state index in [1.165, 1.54) is 12.8 Å². The van der Waals surface area contributed by atoms with Crippen LogP contribution in [0.2, 0.25) is 0 Å². The smallest absolute Gasteiger partial charge is 0.237 e. The van der Waals surface area contributed by atoms with Crippen molar-refractivity contribution >= 4 is 5.91 Å². The minimum absolute atomic E-state index is 0.00287. The molecule has 0 radical (unpaired) electrons. The molecule has 0 aromatic rings. The highest BCUT2D eigenvalue weighted by atomic mass is 16.2. The minimum atomic E-state index is -0.328. The standard InChI is InChI=1S/C9H18N2O/c1-3-8(10)9(12)11-6(2)7-4-5-7/h6-8H,3-5,10H2,1-2H3,(H,11,12). The summed E-state index contributed by atoms with van der Waals surface area (Å²) in [5.41, 5.74) is 5.57. The number of rotatable bonds is 4. The monoisotopic (exact) mass is 170 g/mol. The molecular weight excluding hydrogens is 152 g/mol. The molecule has 1 saturated carbocycles. The van der Waals surface area contributed by atoms with Gasteiger partial charge in [0.05, 0.1) is 6.04 Å². The Hall–Kier alpha value is -0.570. The van der Waals surface area contributed by atoms with Gasteiger partial charge in [0, 0.05) is 6.04 Å². The van der Waals surface area contributed by atoms with E-state index in [9.17, 15) is 4.79 Å². The van der Waals surface area contributed by atoms with Crippen molar-refractivity contribution in [3.8, 4) is 0 Å². The predicted octanol–water partition coefficient (Wildman–Crippen LogP) is 0.638. The van der Waals surface area contributed by atoms with Crippen LogP contribution in [-0.2, 0) is 4.79 Å². The van der Waals surface area contributed by atoms with E-state index in [2.05, 4.69) is 12.2 Å². The first-order valence-electron chi connectivity index (χ1n) is 4.71. The van der Waals surface area contributed by atoms with E-state index in [4.69, 9.17) is 5.73 Å². The van der Waals surface area contributed by atoms with Crippen molar-refractivity contribution in [2.45, 2.75) is 45.2 Å². The third-order valence-electron chi connectivity index (χ3n) is 2.48. The van der Waals surface area contributed by atoms with E-state index in [1.54, 1.807) is 0 Å². The van der Waals surface area contributed by atoms with Crippen LogP contribution < -0.4 is 11.1 Å². The van der Waals surface area contributed by atoms with Crippen molar-refractivity contribution in [3.63, 3.8) is 0 Å². The molecule has 3 nitrogen and oxygen atoms in total. The summed E-state index contributed by atoms with van der Waals surface area (Å²) in [5, 5.41) is 2.93. The van der Waals surface area contributed by atoms with Gasteiger partial charge in [-0.05, 0) is 32.1 Å². The van der Waals surface area contributed by atoms with Gasteiger partial charge >= 0.3 is 0 Å². The number of carbonyl (C=O) groups is 1. The summed E-state index contributed by atoms with van der Waals surface area (Å²) in [7, 11) is 0. The van der Waals surface area contributed by atoms with Gasteiger partial charge in [0.15, 0.2) is 0 Å². The molecule has 1 aliphatic carbocycles. The van der Waals surface area contributed by atoms with Gasteiger partial charge in [0.25, 0.3) is 0 Å². The van der Waals surface area contributed by atoms with Crippen LogP contribution >= 0.6 is 0 Å². The van der Waals surface area contributed by atoms with E-state index >= 15 is 0 Å². The van der Waals surface area contributed by atoms with E-state index in [1.807, 2.05) is 6.92 Å². The zero-order valence-corrected chi connectivity index (χ0v) is 7.84. The van der Waals surface area contributed by atoms with Gasteiger partial charge in [-0.25, -0.2) is 0 Å². The molecular formula is C9H18N2O. The van der Waals surface area contributed by atoms with Crippen molar-refractivity contribution in [1.82, 2.24) is 5.32 Å². The summed E-state index contributed by atoms with van der Waals surface area (Å²) >= 11 is 0. The Balaban J connectivity index is 2.24. The van der Waals surface area contributed by atoms with Crippen molar-refractivity contribution in [2.75, 3.05) is 0 Å². The highest BCUT2D eigenvalue weighted by Crippen LogP contribution is 2.32. The van der Waals surface area contributed by atoms with Gasteiger partial charge < -0.3 is 11.1 Å². The molecule has 0 aromatic heterocycles. The van der Waals surface area contributed by atoms with Gasteiger partial charge in [-0.3, -0.25) is 4.79 Å². The Kier molecular flexibility index (Phi) is 3.09. The molecule has 0 spiro atoms. The normalized spacial score (nSPS) is 21.6. The number of nitrogens with two attached hydrogens (primary N) is 1. The van der Waals surface area contributed by atoms with Gasteiger partial charge in [0.1, 0.15) is 0 Å². The summed E-state index contributed by atoms with van der Waals surface area (Å²) < 4.78 is 0. The number of amides is 1. The molecule has 0 heterocycles. The van der Waals surface area contributed by atoms with Crippen LogP contribution in [0.4, 0.5) is 0 Å². The topological polar surface area (TPSA) is 55.1 Å². The van der Waals surface area contributed by atoms with Gasteiger partial charge in [0.2, 0.25) is 5.91 Å². The summed E-state index contributed by atoms with van der Waals surface area (Å²) in [5.74, 6) is 0.704. The zero-order valence-electron chi connectivity index (χ0n) is 7.84. The number of carbonyl (C=O) groups excluding carboxylic acids is 1. The maximum atomic E-state index is 11.3. The van der Waals surface area contributed by atoms with Crippen molar-refractivity contribution in [3.05, 3.63) is 0 Å². The first-order chi connectivity index (χ1) is 5.65. The Morgan fingerprint density at radius 3 is 2.67 bits per heavy atom. The van der Waals surface area contributed by atoms with Crippen LogP contribution in [0, 0.1) is 5.92 Å². The average Bonchev–Trinajstić information content (AvgIpc) is 2.84. The van der Waals surface area contributed by atoms with Crippen molar-refractivity contribution in [1.29, 1.82) is 0 Å². The van der Waals surface area contributed by atoms with Crippen molar-refractivity contribution < 1.29 is 4.79 Å². The lowest BCUT2D eigenvalue weighted by molar-refractivity contribution is -0.123. The van der Waals surface area contributed by atoms with E-state index in [-0.39, 0.29) is 11.9 Å². The average molecular weight is 170 g/mol. The Labute approximate surface area is 73.7 Å². The SMILES string of the molecule is CCC(N)C(=O)NC(C)C1CC1. The van der Waals surface area contributed by atoms with Crippen LogP contribution in [-0.4, -0.2) is 18.0 Å². The maximum absolute atomic E-state index is 11.3. The second kappa shape index (κ2) is 3.90. The van der Waals surface area contributed by atoms with E-state index < -0.39 is 0 Å². The minimum Gasteiger partial charge on any atom is -0.352 e. The molecule has 1 rings (SSSR count). The largest absolute Gasteiger partial charge is 0.352 e.